The molecule has 1 aliphatic heterocycles. The van der Waals surface area contributed by atoms with Crippen LogP contribution in [0.5, 0.6) is 0 Å². The molecule has 2 amide bonds. The molecule has 1 fully saturated rings. The molecule has 1 heterocycles. The summed E-state index contributed by atoms with van der Waals surface area (Å²) in [6.45, 7) is 5.16. The van der Waals surface area contributed by atoms with Crippen LogP contribution in [0.15, 0.2) is 24.3 Å². The Bertz CT molecular complexity index is 575. The summed E-state index contributed by atoms with van der Waals surface area (Å²) in [6, 6.07) is 4.07. The lowest BCUT2D eigenvalue weighted by molar-refractivity contribution is -0.137. The van der Waals surface area contributed by atoms with E-state index in [1.165, 1.54) is 30.9 Å². The highest BCUT2D eigenvalue weighted by Gasteiger charge is 2.31. The second-order valence-corrected chi connectivity index (χ2v) is 6.49. The number of piperazine rings is 1. The van der Waals surface area contributed by atoms with Crippen LogP contribution in [0.2, 0.25) is 0 Å². The number of hydrogen-bond acceptors (Lipinski definition) is 2. The third-order valence-corrected chi connectivity index (χ3v) is 3.70. The first-order chi connectivity index (χ1) is 11.0. The number of nitrogens with zero attached hydrogens (tertiary/aromatic N) is 2. The van der Waals surface area contributed by atoms with Crippen molar-refractivity contribution in [3.63, 3.8) is 0 Å². The van der Waals surface area contributed by atoms with Crippen LogP contribution in [0.1, 0.15) is 19.4 Å². The minimum Gasteiger partial charge on any atom is -0.322 e. The molecular weight excluding hydrogens is 326 g/mol. The highest BCUT2D eigenvalue weighted by molar-refractivity contribution is 5.89. The van der Waals surface area contributed by atoms with Gasteiger partial charge in [0.05, 0.1) is 5.56 Å². The number of halogens is 4. The van der Waals surface area contributed by atoms with E-state index in [-0.39, 0.29) is 12.2 Å². The van der Waals surface area contributed by atoms with Crippen molar-refractivity contribution < 1.29 is 22.4 Å². The van der Waals surface area contributed by atoms with Crippen molar-refractivity contribution in [1.82, 2.24) is 9.80 Å². The maximum Gasteiger partial charge on any atom is 0.416 e. The van der Waals surface area contributed by atoms with Crippen LogP contribution < -0.4 is 5.32 Å². The Morgan fingerprint density at radius 2 is 1.75 bits per heavy atom. The van der Waals surface area contributed by atoms with Crippen molar-refractivity contribution in [2.24, 2.45) is 0 Å². The quantitative estimate of drug-likeness (QED) is 0.848. The fourth-order valence-corrected chi connectivity index (χ4v) is 2.62. The summed E-state index contributed by atoms with van der Waals surface area (Å²) in [7, 11) is 0. The number of anilines is 1. The van der Waals surface area contributed by atoms with Crippen molar-refractivity contribution >= 4 is 11.7 Å². The zero-order chi connectivity index (χ0) is 18.0. The molecule has 4 nitrogen and oxygen atoms in total. The Morgan fingerprint density at radius 1 is 1.12 bits per heavy atom. The maximum atomic E-state index is 13.6. The van der Waals surface area contributed by atoms with Crippen LogP contribution in [-0.2, 0) is 6.18 Å². The monoisotopic (exact) mass is 347 g/mol. The molecule has 0 radical (unpaired) electrons. The molecule has 8 heteroatoms. The Balaban J connectivity index is 1.90. The van der Waals surface area contributed by atoms with Crippen LogP contribution in [-0.4, -0.2) is 54.2 Å². The second-order valence-electron chi connectivity index (χ2n) is 6.49. The molecule has 2 rings (SSSR count). The van der Waals surface area contributed by atoms with E-state index in [2.05, 4.69) is 5.32 Å². The number of alkyl halides is 4. The van der Waals surface area contributed by atoms with Gasteiger partial charge in [0.25, 0.3) is 0 Å². The van der Waals surface area contributed by atoms with Crippen molar-refractivity contribution in [3.8, 4) is 0 Å². The Hall–Kier alpha value is -1.83. The van der Waals surface area contributed by atoms with Gasteiger partial charge in [-0.2, -0.15) is 13.2 Å². The number of amides is 2. The van der Waals surface area contributed by atoms with Crippen LogP contribution in [0.3, 0.4) is 0 Å². The highest BCUT2D eigenvalue weighted by atomic mass is 19.4. The third-order valence-electron chi connectivity index (χ3n) is 3.70. The first kappa shape index (κ1) is 18.5. The summed E-state index contributed by atoms with van der Waals surface area (Å²) in [5.41, 5.74) is -2.01. The normalized spacial score (nSPS) is 17.0. The summed E-state index contributed by atoms with van der Waals surface area (Å²) in [4.78, 5) is 15.6. The Kier molecular flexibility index (Phi) is 5.37. The third kappa shape index (κ3) is 5.36. The molecule has 134 valence electrons. The van der Waals surface area contributed by atoms with Gasteiger partial charge in [-0.05, 0) is 32.0 Å². The lowest BCUT2D eigenvalue weighted by Gasteiger charge is -2.36. The number of rotatable bonds is 3. The highest BCUT2D eigenvalue weighted by Crippen LogP contribution is 2.30. The average Bonchev–Trinajstić information content (AvgIpc) is 2.45. The number of carbonyl (C=O) groups excluding carboxylic acids is 1. The van der Waals surface area contributed by atoms with Crippen LogP contribution in [0, 0.1) is 0 Å². The number of hydrogen-bond donors (Lipinski definition) is 1. The van der Waals surface area contributed by atoms with Crippen LogP contribution in [0.25, 0.3) is 0 Å². The van der Waals surface area contributed by atoms with Crippen LogP contribution >= 0.6 is 0 Å². The van der Waals surface area contributed by atoms with E-state index in [0.29, 0.717) is 26.2 Å². The summed E-state index contributed by atoms with van der Waals surface area (Å²) < 4.78 is 51.7. The van der Waals surface area contributed by atoms with Crippen molar-refractivity contribution in [1.29, 1.82) is 0 Å². The minimum absolute atomic E-state index is 0.0992. The summed E-state index contributed by atoms with van der Waals surface area (Å²) >= 11 is 0. The van der Waals surface area contributed by atoms with E-state index < -0.39 is 23.4 Å². The van der Waals surface area contributed by atoms with Gasteiger partial charge in [0.15, 0.2) is 0 Å². The summed E-state index contributed by atoms with van der Waals surface area (Å²) in [5.74, 6) is 0. The summed E-state index contributed by atoms with van der Waals surface area (Å²) in [6.07, 6.45) is -4.45. The lowest BCUT2D eigenvalue weighted by Crippen LogP contribution is -2.52. The van der Waals surface area contributed by atoms with Gasteiger partial charge in [-0.25, -0.2) is 9.18 Å². The average molecular weight is 347 g/mol. The number of nitrogens with one attached hydrogen (secondary N) is 1. The molecular formula is C16H21F4N3O. The Labute approximate surface area is 138 Å². The number of carbonyl (C=O) groups is 1. The van der Waals surface area contributed by atoms with Gasteiger partial charge >= 0.3 is 12.2 Å². The zero-order valence-corrected chi connectivity index (χ0v) is 13.7. The van der Waals surface area contributed by atoms with E-state index in [1.807, 2.05) is 4.90 Å². The molecule has 0 saturated carbocycles. The van der Waals surface area contributed by atoms with Crippen molar-refractivity contribution in [2.75, 3.05) is 38.0 Å². The zero-order valence-electron chi connectivity index (χ0n) is 13.7. The molecule has 1 aromatic rings. The molecule has 1 N–H and O–H groups in total. The molecule has 1 aromatic carbocycles. The fraction of sp³-hybridized carbons (Fsp3) is 0.562. The number of benzene rings is 1. The van der Waals surface area contributed by atoms with Gasteiger partial charge in [-0.15, -0.1) is 0 Å². The van der Waals surface area contributed by atoms with E-state index >= 15 is 0 Å². The molecule has 1 aliphatic rings. The van der Waals surface area contributed by atoms with Gasteiger partial charge < -0.3 is 10.2 Å². The Morgan fingerprint density at radius 3 is 2.29 bits per heavy atom. The predicted octanol–water partition coefficient (Wildman–Crippen LogP) is 3.60. The minimum atomic E-state index is -4.45. The topological polar surface area (TPSA) is 35.6 Å². The maximum absolute atomic E-state index is 13.6. The van der Waals surface area contributed by atoms with Gasteiger partial charge in [0, 0.05) is 38.4 Å². The lowest BCUT2D eigenvalue weighted by atomic mass is 10.1. The first-order valence-electron chi connectivity index (χ1n) is 7.69. The van der Waals surface area contributed by atoms with E-state index in [4.69, 9.17) is 0 Å². The van der Waals surface area contributed by atoms with Gasteiger partial charge in [0.1, 0.15) is 5.67 Å². The van der Waals surface area contributed by atoms with E-state index in [0.717, 1.165) is 12.1 Å². The molecule has 0 aliphatic carbocycles. The summed E-state index contributed by atoms with van der Waals surface area (Å²) in [5, 5.41) is 2.48. The van der Waals surface area contributed by atoms with Crippen molar-refractivity contribution in [2.45, 2.75) is 25.7 Å². The SMILES string of the molecule is CC(C)(F)CN1CCN(C(=O)Nc2cccc(C(F)(F)F)c2)CC1. The van der Waals surface area contributed by atoms with Gasteiger partial charge in [-0.3, -0.25) is 4.90 Å². The molecule has 0 atom stereocenters. The molecule has 24 heavy (non-hydrogen) atoms. The standard InChI is InChI=1S/C16H21F4N3O/c1-15(2,17)11-22-6-8-23(9-7-22)14(24)21-13-5-3-4-12(10-13)16(18,19)20/h3-5,10H,6-9,11H2,1-2H3,(H,21,24). The largest absolute Gasteiger partial charge is 0.416 e. The van der Waals surface area contributed by atoms with Gasteiger partial charge in [-0.1, -0.05) is 6.07 Å². The second kappa shape index (κ2) is 6.96. The van der Waals surface area contributed by atoms with Crippen LogP contribution in [0.4, 0.5) is 28.0 Å². The first-order valence-corrected chi connectivity index (χ1v) is 7.69. The molecule has 0 unspecified atom stereocenters. The van der Waals surface area contributed by atoms with Crippen molar-refractivity contribution in [3.05, 3.63) is 29.8 Å². The van der Waals surface area contributed by atoms with E-state index in [9.17, 15) is 22.4 Å². The molecule has 0 bridgehead atoms. The number of urea groups is 1. The smallest absolute Gasteiger partial charge is 0.322 e. The fourth-order valence-electron chi connectivity index (χ4n) is 2.62. The predicted molar refractivity (Wildman–Crippen MR) is 83.7 cm³/mol. The van der Waals surface area contributed by atoms with E-state index in [1.54, 1.807) is 0 Å². The van der Waals surface area contributed by atoms with Gasteiger partial charge in [0.2, 0.25) is 0 Å². The molecule has 0 aromatic heterocycles. The molecule has 1 saturated heterocycles. The molecule has 0 spiro atoms.